The van der Waals surface area contributed by atoms with E-state index in [1.54, 1.807) is 11.5 Å². The Morgan fingerprint density at radius 1 is 0.972 bits per heavy atom. The molecule has 0 bridgehead atoms. The predicted molar refractivity (Wildman–Crippen MR) is 145 cm³/mol. The Balaban J connectivity index is 1.41. The number of anilines is 1. The first kappa shape index (κ1) is 23.5. The second-order valence-electron chi connectivity index (χ2n) is 8.75. The minimum Gasteiger partial charge on any atom is -0.457 e. The van der Waals surface area contributed by atoms with E-state index in [0.29, 0.717) is 33.0 Å². The van der Waals surface area contributed by atoms with Crippen molar-refractivity contribution in [1.29, 1.82) is 0 Å². The van der Waals surface area contributed by atoms with Gasteiger partial charge in [0.15, 0.2) is 0 Å². The lowest BCUT2D eigenvalue weighted by molar-refractivity contribution is 0.103. The number of rotatable bonds is 6. The average Bonchev–Trinajstić information content (AvgIpc) is 3.20. The van der Waals surface area contributed by atoms with Crippen LogP contribution in [-0.2, 0) is 6.54 Å². The number of amides is 1. The highest BCUT2D eigenvalue weighted by Gasteiger charge is 2.20. The lowest BCUT2D eigenvalue weighted by Gasteiger charge is -2.09. The van der Waals surface area contributed by atoms with E-state index in [0.717, 1.165) is 28.1 Å². The Morgan fingerprint density at radius 2 is 1.75 bits per heavy atom. The maximum absolute atomic E-state index is 13.4. The van der Waals surface area contributed by atoms with Crippen molar-refractivity contribution in [2.75, 3.05) is 5.32 Å². The van der Waals surface area contributed by atoms with Crippen LogP contribution in [0.5, 0.6) is 11.5 Å². The minimum atomic E-state index is -0.237. The highest BCUT2D eigenvalue weighted by molar-refractivity contribution is 7.20. The van der Waals surface area contributed by atoms with Crippen molar-refractivity contribution in [1.82, 2.24) is 9.55 Å². The third kappa shape index (κ3) is 4.78. The number of hydrogen-bond donors (Lipinski definition) is 1. The normalized spacial score (nSPS) is 11.0. The molecule has 3 aromatic carbocycles. The van der Waals surface area contributed by atoms with Gasteiger partial charge in [0.05, 0.1) is 23.1 Å². The molecule has 6 nitrogen and oxygen atoms in total. The lowest BCUT2D eigenvalue weighted by atomic mass is 10.1. The van der Waals surface area contributed by atoms with Gasteiger partial charge in [-0.25, -0.2) is 4.98 Å². The van der Waals surface area contributed by atoms with Gasteiger partial charge in [-0.3, -0.25) is 14.2 Å². The van der Waals surface area contributed by atoms with E-state index in [1.807, 2.05) is 86.6 Å². The molecular formula is C29H25N3O3S. The number of carbonyl (C=O) groups excluding carboxylic acids is 1. The maximum Gasteiger partial charge on any atom is 0.266 e. The van der Waals surface area contributed by atoms with Crippen molar-refractivity contribution in [2.24, 2.45) is 0 Å². The number of nitrogens with zero attached hydrogens (tertiary/aromatic N) is 2. The second kappa shape index (κ2) is 9.79. The number of hydrogen-bond acceptors (Lipinski definition) is 5. The van der Waals surface area contributed by atoms with Crippen molar-refractivity contribution in [3.05, 3.63) is 117 Å². The molecule has 0 fully saturated rings. The van der Waals surface area contributed by atoms with E-state index in [9.17, 15) is 9.59 Å². The summed E-state index contributed by atoms with van der Waals surface area (Å²) in [5.41, 5.74) is 4.25. The molecule has 1 N–H and O–H groups in total. The summed E-state index contributed by atoms with van der Waals surface area (Å²) in [4.78, 5) is 32.0. The molecule has 0 unspecified atom stereocenters. The highest BCUT2D eigenvalue weighted by atomic mass is 32.1. The molecule has 0 saturated heterocycles. The zero-order valence-corrected chi connectivity index (χ0v) is 21.1. The number of carbonyl (C=O) groups is 1. The van der Waals surface area contributed by atoms with E-state index >= 15 is 0 Å². The maximum atomic E-state index is 13.4. The summed E-state index contributed by atoms with van der Waals surface area (Å²) >= 11 is 1.24. The number of fused-ring (bicyclic) bond motifs is 1. The van der Waals surface area contributed by atoms with Gasteiger partial charge in [0.25, 0.3) is 11.5 Å². The van der Waals surface area contributed by atoms with Crippen LogP contribution in [0.1, 0.15) is 31.9 Å². The van der Waals surface area contributed by atoms with E-state index in [4.69, 9.17) is 4.74 Å². The van der Waals surface area contributed by atoms with Crippen LogP contribution >= 0.6 is 11.3 Å². The van der Waals surface area contributed by atoms with Gasteiger partial charge in [-0.15, -0.1) is 11.3 Å². The molecule has 36 heavy (non-hydrogen) atoms. The number of aromatic nitrogens is 2. The van der Waals surface area contributed by atoms with Crippen molar-refractivity contribution in [2.45, 2.75) is 27.3 Å². The van der Waals surface area contributed by atoms with Crippen molar-refractivity contribution in [3.63, 3.8) is 0 Å². The largest absolute Gasteiger partial charge is 0.457 e. The Labute approximate surface area is 212 Å². The molecule has 0 radical (unpaired) electrons. The smallest absolute Gasteiger partial charge is 0.266 e. The van der Waals surface area contributed by atoms with Crippen LogP contribution in [0.3, 0.4) is 0 Å². The van der Waals surface area contributed by atoms with Crippen LogP contribution in [0, 0.1) is 20.8 Å². The molecule has 180 valence electrons. The van der Waals surface area contributed by atoms with Gasteiger partial charge in [-0.2, -0.15) is 0 Å². The standard InChI is InChI=1S/C29H25N3O3S/c1-18-12-13-24(19(2)14-18)31-27(33)26-20(3)25-28(36-26)30-17-32(29(25)34)16-21-8-7-11-23(15-21)35-22-9-5-4-6-10-22/h4-15,17H,16H2,1-3H3,(H,31,33). The van der Waals surface area contributed by atoms with E-state index in [1.165, 1.54) is 17.7 Å². The Morgan fingerprint density at radius 3 is 2.53 bits per heavy atom. The Bertz CT molecular complexity index is 1640. The zero-order valence-electron chi connectivity index (χ0n) is 20.2. The highest BCUT2D eigenvalue weighted by Crippen LogP contribution is 2.28. The van der Waals surface area contributed by atoms with Crippen LogP contribution in [0.2, 0.25) is 0 Å². The number of aryl methyl sites for hydroxylation is 3. The zero-order chi connectivity index (χ0) is 25.2. The third-order valence-corrected chi connectivity index (χ3v) is 7.18. The topological polar surface area (TPSA) is 73.2 Å². The molecular weight excluding hydrogens is 470 g/mol. The van der Waals surface area contributed by atoms with E-state index in [2.05, 4.69) is 10.3 Å². The molecule has 2 heterocycles. The fourth-order valence-electron chi connectivity index (χ4n) is 4.15. The number of ether oxygens (including phenoxy) is 1. The summed E-state index contributed by atoms with van der Waals surface area (Å²) in [6.07, 6.45) is 1.54. The van der Waals surface area contributed by atoms with Gasteiger partial charge < -0.3 is 10.1 Å². The molecule has 7 heteroatoms. The Kier molecular flexibility index (Phi) is 6.40. The van der Waals surface area contributed by atoms with Crippen molar-refractivity contribution in [3.8, 4) is 11.5 Å². The van der Waals surface area contributed by atoms with Crippen LogP contribution in [0.25, 0.3) is 10.2 Å². The molecule has 2 aromatic heterocycles. The molecule has 0 aliphatic rings. The van der Waals surface area contributed by atoms with Gasteiger partial charge in [0.2, 0.25) is 0 Å². The minimum absolute atomic E-state index is 0.173. The summed E-state index contributed by atoms with van der Waals surface area (Å²) in [5, 5.41) is 3.45. The SMILES string of the molecule is Cc1ccc(NC(=O)c2sc3ncn(Cc4cccc(Oc5ccccc5)c4)c(=O)c3c2C)c(C)c1. The average molecular weight is 496 g/mol. The summed E-state index contributed by atoms with van der Waals surface area (Å²) < 4.78 is 7.49. The predicted octanol–water partition coefficient (Wildman–Crippen LogP) is 6.48. The third-order valence-electron chi connectivity index (χ3n) is 5.98. The number of thiophene rings is 1. The van der Waals surface area contributed by atoms with E-state index in [-0.39, 0.29) is 11.5 Å². The van der Waals surface area contributed by atoms with Crippen LogP contribution < -0.4 is 15.6 Å². The molecule has 0 atom stereocenters. The molecule has 0 spiro atoms. The molecule has 0 aliphatic heterocycles. The first-order valence-electron chi connectivity index (χ1n) is 11.6. The van der Waals surface area contributed by atoms with Crippen molar-refractivity contribution >= 4 is 33.1 Å². The first-order chi connectivity index (χ1) is 17.4. The fourth-order valence-corrected chi connectivity index (χ4v) is 5.18. The van der Waals surface area contributed by atoms with Gasteiger partial charge >= 0.3 is 0 Å². The summed E-state index contributed by atoms with van der Waals surface area (Å²) in [5.74, 6) is 1.20. The van der Waals surface area contributed by atoms with Gasteiger partial charge in [0.1, 0.15) is 16.3 Å². The first-order valence-corrected chi connectivity index (χ1v) is 12.4. The van der Waals surface area contributed by atoms with Crippen LogP contribution in [-0.4, -0.2) is 15.5 Å². The van der Waals surface area contributed by atoms with Crippen molar-refractivity contribution < 1.29 is 9.53 Å². The van der Waals surface area contributed by atoms with E-state index < -0.39 is 0 Å². The van der Waals surface area contributed by atoms with Crippen LogP contribution in [0.4, 0.5) is 5.69 Å². The lowest BCUT2D eigenvalue weighted by Crippen LogP contribution is -2.21. The molecule has 1 amide bonds. The molecule has 5 rings (SSSR count). The second-order valence-corrected chi connectivity index (χ2v) is 9.75. The fraction of sp³-hybridized carbons (Fsp3) is 0.138. The molecule has 5 aromatic rings. The van der Waals surface area contributed by atoms with Gasteiger partial charge in [0, 0.05) is 5.69 Å². The quantitative estimate of drug-likeness (QED) is 0.293. The summed E-state index contributed by atoms with van der Waals surface area (Å²) in [6, 6.07) is 23.1. The van der Waals surface area contributed by atoms with Crippen LogP contribution in [0.15, 0.2) is 83.9 Å². The van der Waals surface area contributed by atoms with Gasteiger partial charge in [-0.1, -0.05) is 48.0 Å². The molecule has 0 saturated carbocycles. The number of nitrogens with one attached hydrogen (secondary N) is 1. The Hall–Kier alpha value is -4.23. The number of para-hydroxylation sites is 1. The monoisotopic (exact) mass is 495 g/mol. The summed E-state index contributed by atoms with van der Waals surface area (Å²) in [6.45, 7) is 6.11. The summed E-state index contributed by atoms with van der Waals surface area (Å²) in [7, 11) is 0. The van der Waals surface area contributed by atoms with Gasteiger partial charge in [-0.05, 0) is 67.8 Å². The number of benzene rings is 3. The molecule has 0 aliphatic carbocycles.